The lowest BCUT2D eigenvalue weighted by Crippen LogP contribution is -2.53. The van der Waals surface area contributed by atoms with Crippen LogP contribution in [-0.2, 0) is 21.9 Å². The van der Waals surface area contributed by atoms with Gasteiger partial charge in [0.1, 0.15) is 0 Å². The first-order valence-electron chi connectivity index (χ1n) is 13.8. The van der Waals surface area contributed by atoms with E-state index in [0.29, 0.717) is 48.6 Å². The second-order valence-electron chi connectivity index (χ2n) is 11.2. The SMILES string of the molecule is CC(=O)N1CCC(C(=O)N2CC[C@@H](N(C)C(=O)c3cc(C(F)(F)F)cc(C(F)(F)F)c3)[C@H](c3ccc(C)c(Cl)c3)C2)CC1. The molecule has 0 spiro atoms. The Morgan fingerprint density at radius 2 is 1.42 bits per heavy atom. The van der Waals surface area contributed by atoms with Crippen molar-refractivity contribution >= 4 is 29.3 Å². The fourth-order valence-electron chi connectivity index (χ4n) is 5.90. The van der Waals surface area contributed by atoms with Crippen LogP contribution in [-0.4, -0.2) is 71.7 Å². The molecule has 2 aromatic carbocycles. The van der Waals surface area contributed by atoms with Crippen LogP contribution in [0.5, 0.6) is 0 Å². The number of halogens is 7. The number of aryl methyl sites for hydroxylation is 1. The summed E-state index contributed by atoms with van der Waals surface area (Å²) in [6.45, 7) is 4.62. The van der Waals surface area contributed by atoms with Gasteiger partial charge in [-0.1, -0.05) is 23.7 Å². The molecule has 0 aliphatic carbocycles. The number of alkyl halides is 6. The highest BCUT2D eigenvalue weighted by Crippen LogP contribution is 2.38. The van der Waals surface area contributed by atoms with E-state index >= 15 is 0 Å². The number of nitrogens with zero attached hydrogens (tertiary/aromatic N) is 3. The molecule has 0 N–H and O–H groups in total. The van der Waals surface area contributed by atoms with Gasteiger partial charge in [-0.15, -0.1) is 0 Å². The highest BCUT2D eigenvalue weighted by atomic mass is 35.5. The van der Waals surface area contributed by atoms with Gasteiger partial charge in [-0.25, -0.2) is 0 Å². The van der Waals surface area contributed by atoms with Gasteiger partial charge in [-0.3, -0.25) is 14.4 Å². The number of benzene rings is 2. The number of piperidine rings is 2. The third-order valence-corrected chi connectivity index (χ3v) is 8.86. The average molecular weight is 632 g/mol. The van der Waals surface area contributed by atoms with Gasteiger partial charge in [0.05, 0.1) is 11.1 Å². The summed E-state index contributed by atoms with van der Waals surface area (Å²) in [5.41, 5.74) is -2.41. The van der Waals surface area contributed by atoms with Crippen molar-refractivity contribution in [3.8, 4) is 0 Å². The maximum Gasteiger partial charge on any atom is 0.416 e. The fraction of sp³-hybridized carbons (Fsp3) is 0.500. The summed E-state index contributed by atoms with van der Waals surface area (Å²) in [4.78, 5) is 43.3. The highest BCUT2D eigenvalue weighted by molar-refractivity contribution is 6.31. The Kier molecular flexibility index (Phi) is 9.39. The standard InChI is InChI=1S/C30H32ClF6N3O3/c1-17-4-5-20(14-25(17)31)24-16-40(28(43)19-6-9-39(10-7-19)18(2)41)11-8-26(24)38(3)27(42)21-12-22(29(32,33)34)15-23(13-21)30(35,36)37/h4-5,12-15,19,24,26H,6-11,16H2,1-3H3/t24-,26+/m0/s1. The van der Waals surface area contributed by atoms with Gasteiger partial charge >= 0.3 is 12.4 Å². The van der Waals surface area contributed by atoms with E-state index in [1.165, 1.54) is 18.9 Å². The van der Waals surface area contributed by atoms with Crippen molar-refractivity contribution in [2.75, 3.05) is 33.2 Å². The number of likely N-dealkylation sites (N-methyl/N-ethyl adjacent to an activating group) is 1. The van der Waals surface area contributed by atoms with Crippen molar-refractivity contribution < 1.29 is 40.7 Å². The highest BCUT2D eigenvalue weighted by Gasteiger charge is 2.41. The first-order chi connectivity index (χ1) is 20.0. The predicted molar refractivity (Wildman–Crippen MR) is 147 cm³/mol. The molecular weight excluding hydrogens is 600 g/mol. The molecular formula is C30H32ClF6N3O3. The van der Waals surface area contributed by atoms with E-state index in [9.17, 15) is 40.7 Å². The van der Waals surface area contributed by atoms with Crippen molar-refractivity contribution in [3.05, 3.63) is 69.2 Å². The minimum atomic E-state index is -5.09. The topological polar surface area (TPSA) is 60.9 Å². The first-order valence-corrected chi connectivity index (χ1v) is 14.2. The number of amides is 3. The molecule has 13 heteroatoms. The van der Waals surface area contributed by atoms with Crippen LogP contribution in [0, 0.1) is 12.8 Å². The van der Waals surface area contributed by atoms with Gasteiger partial charge in [0, 0.05) is 68.6 Å². The molecule has 0 unspecified atom stereocenters. The van der Waals surface area contributed by atoms with Crippen LogP contribution in [0.2, 0.25) is 5.02 Å². The molecule has 4 rings (SSSR count). The van der Waals surface area contributed by atoms with Gasteiger partial charge in [0.15, 0.2) is 0 Å². The molecule has 0 aromatic heterocycles. The van der Waals surface area contributed by atoms with Crippen LogP contribution in [0.25, 0.3) is 0 Å². The minimum Gasteiger partial charge on any atom is -0.343 e. The minimum absolute atomic E-state index is 0.0150. The van der Waals surface area contributed by atoms with E-state index in [4.69, 9.17) is 11.6 Å². The second-order valence-corrected chi connectivity index (χ2v) is 11.7. The summed E-state index contributed by atoms with van der Waals surface area (Å²) in [5, 5.41) is 0.443. The van der Waals surface area contributed by atoms with Crippen molar-refractivity contribution in [2.45, 2.75) is 57.4 Å². The molecule has 43 heavy (non-hydrogen) atoms. The third-order valence-electron chi connectivity index (χ3n) is 8.45. The quantitative estimate of drug-likeness (QED) is 0.367. The van der Waals surface area contributed by atoms with Crippen LogP contribution in [0.3, 0.4) is 0 Å². The van der Waals surface area contributed by atoms with E-state index < -0.39 is 46.9 Å². The van der Waals surface area contributed by atoms with Crippen molar-refractivity contribution in [1.29, 1.82) is 0 Å². The summed E-state index contributed by atoms with van der Waals surface area (Å²) >= 11 is 6.39. The van der Waals surface area contributed by atoms with Crippen molar-refractivity contribution in [3.63, 3.8) is 0 Å². The zero-order chi connectivity index (χ0) is 31.9. The Labute approximate surface area is 250 Å². The van der Waals surface area contributed by atoms with Crippen LogP contribution >= 0.6 is 11.6 Å². The summed E-state index contributed by atoms with van der Waals surface area (Å²) in [6, 6.07) is 5.46. The molecule has 3 amide bonds. The van der Waals surface area contributed by atoms with Gasteiger partial charge in [-0.05, 0) is 61.6 Å². The van der Waals surface area contributed by atoms with Gasteiger partial charge in [0.2, 0.25) is 11.8 Å². The molecule has 2 heterocycles. The van der Waals surface area contributed by atoms with E-state index in [1.807, 2.05) is 0 Å². The number of carbonyl (C=O) groups excluding carboxylic acids is 3. The number of hydrogen-bond donors (Lipinski definition) is 0. The lowest BCUT2D eigenvalue weighted by atomic mass is 9.83. The Balaban J connectivity index is 1.63. The number of hydrogen-bond acceptors (Lipinski definition) is 3. The lowest BCUT2D eigenvalue weighted by molar-refractivity contribution is -0.143. The summed E-state index contributed by atoms with van der Waals surface area (Å²) in [7, 11) is 1.35. The lowest BCUT2D eigenvalue weighted by Gasteiger charge is -2.44. The van der Waals surface area contributed by atoms with Crippen LogP contribution in [0.1, 0.15) is 64.7 Å². The number of likely N-dealkylation sites (tertiary alicyclic amines) is 2. The maximum absolute atomic E-state index is 13.5. The molecule has 2 aromatic rings. The number of rotatable bonds is 4. The smallest absolute Gasteiger partial charge is 0.343 e. The molecule has 0 radical (unpaired) electrons. The van der Waals surface area contributed by atoms with Gasteiger partial charge in [-0.2, -0.15) is 26.3 Å². The van der Waals surface area contributed by atoms with E-state index in [2.05, 4.69) is 0 Å². The zero-order valence-corrected chi connectivity index (χ0v) is 24.6. The normalized spacial score (nSPS) is 20.2. The van der Waals surface area contributed by atoms with Crippen molar-refractivity contribution in [2.24, 2.45) is 5.92 Å². The molecule has 2 saturated heterocycles. The molecule has 2 fully saturated rings. The third kappa shape index (κ3) is 7.27. The molecule has 234 valence electrons. The summed E-state index contributed by atoms with van der Waals surface area (Å²) in [5.74, 6) is -1.96. The first kappa shape index (κ1) is 32.6. The molecule has 6 nitrogen and oxygen atoms in total. The largest absolute Gasteiger partial charge is 0.416 e. The molecule has 2 atom stereocenters. The van der Waals surface area contributed by atoms with E-state index in [0.717, 1.165) is 5.56 Å². The fourth-order valence-corrected chi connectivity index (χ4v) is 6.09. The maximum atomic E-state index is 13.5. The Hall–Kier alpha value is -3.28. The average Bonchev–Trinajstić information content (AvgIpc) is 2.96. The Bertz CT molecular complexity index is 1360. The molecule has 2 aliphatic rings. The molecule has 2 aliphatic heterocycles. The Morgan fingerprint density at radius 1 is 0.860 bits per heavy atom. The Morgan fingerprint density at radius 3 is 1.93 bits per heavy atom. The zero-order valence-electron chi connectivity index (χ0n) is 23.9. The monoisotopic (exact) mass is 631 g/mol. The van der Waals surface area contributed by atoms with Crippen LogP contribution in [0.4, 0.5) is 26.3 Å². The molecule has 0 bridgehead atoms. The second kappa shape index (κ2) is 12.4. The molecule has 0 saturated carbocycles. The summed E-state index contributed by atoms with van der Waals surface area (Å²) in [6.07, 6.45) is -8.93. The van der Waals surface area contributed by atoms with E-state index in [1.54, 1.807) is 34.9 Å². The van der Waals surface area contributed by atoms with Gasteiger partial charge < -0.3 is 14.7 Å². The number of carbonyl (C=O) groups is 3. The van der Waals surface area contributed by atoms with Crippen LogP contribution < -0.4 is 0 Å². The summed E-state index contributed by atoms with van der Waals surface area (Å²) < 4.78 is 80.9. The van der Waals surface area contributed by atoms with E-state index in [-0.39, 0.29) is 43.3 Å². The van der Waals surface area contributed by atoms with Crippen LogP contribution in [0.15, 0.2) is 36.4 Å². The van der Waals surface area contributed by atoms with Gasteiger partial charge in [0.25, 0.3) is 5.91 Å². The predicted octanol–water partition coefficient (Wildman–Crippen LogP) is 6.40. The van der Waals surface area contributed by atoms with Crippen molar-refractivity contribution in [1.82, 2.24) is 14.7 Å².